The lowest BCUT2D eigenvalue weighted by Gasteiger charge is -2.37. The Hall–Kier alpha value is -5.29. The molecule has 0 radical (unpaired) electrons. The van der Waals surface area contributed by atoms with Gasteiger partial charge in [0.05, 0.1) is 0 Å². The van der Waals surface area contributed by atoms with Gasteiger partial charge in [-0.15, -0.1) is 0 Å². The van der Waals surface area contributed by atoms with E-state index < -0.39 is 53.7 Å². The topological polar surface area (TPSA) is 135 Å². The number of anilines is 1. The highest BCUT2D eigenvalue weighted by atomic mass is 16.7. The zero-order chi connectivity index (χ0) is 34.1. The standard InChI is InChI=1S/C37H39N3O8/c1-4-30(41)45-24-28-33(47-31(42)5-2)34(48-32(43)6-3)35(46-28)40-23-22-29(38-36(40)44)39-37(25-16-10-7-11-17-25,26-18-12-8-13-19-26)27-20-14-9-15-21-27/h7-23,28,33-35H,4-6,24H2,1-3H3,(H,38,39,44)/t28-,33-,34-,35-/m1/s1. The van der Waals surface area contributed by atoms with Gasteiger partial charge in [0.2, 0.25) is 0 Å². The molecule has 4 aromatic rings. The lowest BCUT2D eigenvalue weighted by molar-refractivity contribution is -0.169. The second kappa shape index (κ2) is 15.5. The van der Waals surface area contributed by atoms with Crippen molar-refractivity contribution in [3.05, 3.63) is 130 Å². The van der Waals surface area contributed by atoms with E-state index in [4.69, 9.17) is 18.9 Å². The summed E-state index contributed by atoms with van der Waals surface area (Å²) < 4.78 is 24.0. The van der Waals surface area contributed by atoms with Crippen LogP contribution in [-0.2, 0) is 38.9 Å². The second-order valence-corrected chi connectivity index (χ2v) is 11.2. The van der Waals surface area contributed by atoms with Crippen LogP contribution in [-0.4, -0.2) is 52.4 Å². The van der Waals surface area contributed by atoms with Crippen LogP contribution in [0.4, 0.5) is 5.82 Å². The molecule has 1 fully saturated rings. The number of nitrogens with zero attached hydrogens (tertiary/aromatic N) is 2. The Morgan fingerprint density at radius 1 is 0.729 bits per heavy atom. The number of nitrogens with one attached hydrogen (secondary N) is 1. The van der Waals surface area contributed by atoms with Crippen molar-refractivity contribution in [2.75, 3.05) is 11.9 Å². The molecular weight excluding hydrogens is 614 g/mol. The summed E-state index contributed by atoms with van der Waals surface area (Å²) in [5.74, 6) is -1.37. The molecular formula is C37H39N3O8. The summed E-state index contributed by atoms with van der Waals surface area (Å²) in [6.07, 6.45) is -2.91. The smallest absolute Gasteiger partial charge is 0.351 e. The molecule has 11 heteroatoms. The van der Waals surface area contributed by atoms with Crippen LogP contribution >= 0.6 is 0 Å². The molecule has 48 heavy (non-hydrogen) atoms. The third kappa shape index (κ3) is 7.31. The lowest BCUT2D eigenvalue weighted by atomic mass is 9.77. The molecule has 0 spiro atoms. The average Bonchev–Trinajstić information content (AvgIpc) is 3.45. The predicted molar refractivity (Wildman–Crippen MR) is 177 cm³/mol. The van der Waals surface area contributed by atoms with Gasteiger partial charge in [-0.25, -0.2) is 4.79 Å². The van der Waals surface area contributed by atoms with Gasteiger partial charge in [-0.3, -0.25) is 19.0 Å². The number of hydrogen-bond donors (Lipinski definition) is 1. The molecule has 0 bridgehead atoms. The van der Waals surface area contributed by atoms with Crippen molar-refractivity contribution in [2.24, 2.45) is 0 Å². The average molecular weight is 654 g/mol. The van der Waals surface area contributed by atoms with E-state index in [9.17, 15) is 19.2 Å². The van der Waals surface area contributed by atoms with E-state index >= 15 is 0 Å². The number of hydrogen-bond acceptors (Lipinski definition) is 10. The number of carbonyl (C=O) groups excluding carboxylic acids is 3. The maximum absolute atomic E-state index is 13.8. The molecule has 1 aliphatic heterocycles. The number of aromatic nitrogens is 2. The maximum Gasteiger partial charge on any atom is 0.351 e. The summed E-state index contributed by atoms with van der Waals surface area (Å²) >= 11 is 0. The van der Waals surface area contributed by atoms with Crippen molar-refractivity contribution in [2.45, 2.75) is 70.1 Å². The molecule has 2 heterocycles. The van der Waals surface area contributed by atoms with Gasteiger partial charge in [0.15, 0.2) is 18.4 Å². The molecule has 250 valence electrons. The summed E-state index contributed by atoms with van der Waals surface area (Å²) in [5.41, 5.74) is 1.11. The van der Waals surface area contributed by atoms with Crippen LogP contribution in [0, 0.1) is 0 Å². The van der Waals surface area contributed by atoms with Gasteiger partial charge >= 0.3 is 23.6 Å². The van der Waals surface area contributed by atoms with Gasteiger partial charge in [0.25, 0.3) is 0 Å². The first-order valence-corrected chi connectivity index (χ1v) is 16.0. The molecule has 11 nitrogen and oxygen atoms in total. The summed E-state index contributed by atoms with van der Waals surface area (Å²) in [5, 5.41) is 3.57. The van der Waals surface area contributed by atoms with Gasteiger partial charge in [-0.2, -0.15) is 4.98 Å². The van der Waals surface area contributed by atoms with Crippen molar-refractivity contribution < 1.29 is 33.3 Å². The Balaban J connectivity index is 1.56. The Morgan fingerprint density at radius 2 is 1.21 bits per heavy atom. The fourth-order valence-electron chi connectivity index (χ4n) is 5.73. The van der Waals surface area contributed by atoms with Gasteiger partial charge in [0, 0.05) is 25.5 Å². The zero-order valence-corrected chi connectivity index (χ0v) is 27.1. The Bertz CT molecular complexity index is 1650. The van der Waals surface area contributed by atoms with Crippen molar-refractivity contribution >= 4 is 23.7 Å². The van der Waals surface area contributed by atoms with Gasteiger partial charge < -0.3 is 24.3 Å². The van der Waals surface area contributed by atoms with Crippen molar-refractivity contribution in [3.8, 4) is 0 Å². The third-order valence-corrected chi connectivity index (χ3v) is 8.14. The highest BCUT2D eigenvalue weighted by Gasteiger charge is 2.51. The van der Waals surface area contributed by atoms with Crippen LogP contribution in [0.2, 0.25) is 0 Å². The van der Waals surface area contributed by atoms with Crippen LogP contribution in [0.5, 0.6) is 0 Å². The molecule has 0 unspecified atom stereocenters. The first-order chi connectivity index (χ1) is 23.3. The molecule has 1 aliphatic rings. The first kappa shape index (κ1) is 34.1. The molecule has 1 saturated heterocycles. The van der Waals surface area contributed by atoms with E-state index in [0.29, 0.717) is 0 Å². The van der Waals surface area contributed by atoms with E-state index in [2.05, 4.69) is 10.3 Å². The Morgan fingerprint density at radius 3 is 1.67 bits per heavy atom. The fraction of sp³-hybridized carbons (Fsp3) is 0.324. The molecule has 0 amide bonds. The minimum Gasteiger partial charge on any atom is -0.463 e. The minimum atomic E-state index is -1.23. The van der Waals surface area contributed by atoms with E-state index in [1.807, 2.05) is 91.0 Å². The third-order valence-electron chi connectivity index (χ3n) is 8.14. The summed E-state index contributed by atoms with van der Waals surface area (Å²) in [4.78, 5) is 55.2. The lowest BCUT2D eigenvalue weighted by Crippen LogP contribution is -2.42. The number of ether oxygens (including phenoxy) is 4. The summed E-state index contributed by atoms with van der Waals surface area (Å²) in [7, 11) is 0. The molecule has 1 N–H and O–H groups in total. The minimum absolute atomic E-state index is 0.0314. The molecule has 1 aromatic heterocycles. The maximum atomic E-state index is 13.8. The van der Waals surface area contributed by atoms with E-state index in [-0.39, 0.29) is 31.7 Å². The number of carbonyl (C=O) groups is 3. The highest BCUT2D eigenvalue weighted by Crippen LogP contribution is 2.40. The number of esters is 3. The van der Waals surface area contributed by atoms with Crippen LogP contribution in [0.1, 0.15) is 63.0 Å². The quantitative estimate of drug-likeness (QED) is 0.117. The van der Waals surface area contributed by atoms with E-state index in [1.165, 1.54) is 10.8 Å². The fourth-order valence-corrected chi connectivity index (χ4v) is 5.73. The summed E-state index contributed by atoms with van der Waals surface area (Å²) in [6.45, 7) is 4.60. The normalized spacial score (nSPS) is 18.9. The molecule has 0 saturated carbocycles. The van der Waals surface area contributed by atoms with E-state index in [0.717, 1.165) is 16.7 Å². The second-order valence-electron chi connectivity index (χ2n) is 11.2. The molecule has 4 atom stereocenters. The number of benzene rings is 3. The van der Waals surface area contributed by atoms with Crippen molar-refractivity contribution in [1.82, 2.24) is 9.55 Å². The SMILES string of the molecule is CCC(=O)OC[C@H]1O[C@@H](n2ccc(NC(c3ccccc3)(c3ccccc3)c3ccccc3)nc2=O)[C@H](OC(=O)CC)[C@@H]1OC(=O)CC. The summed E-state index contributed by atoms with van der Waals surface area (Å²) in [6, 6.07) is 31.2. The van der Waals surface area contributed by atoms with Crippen LogP contribution in [0.3, 0.4) is 0 Å². The Labute approximate surface area is 278 Å². The van der Waals surface area contributed by atoms with Crippen LogP contribution in [0.25, 0.3) is 0 Å². The highest BCUT2D eigenvalue weighted by molar-refractivity contribution is 5.71. The van der Waals surface area contributed by atoms with Crippen molar-refractivity contribution in [3.63, 3.8) is 0 Å². The first-order valence-electron chi connectivity index (χ1n) is 16.0. The molecule has 5 rings (SSSR count). The van der Waals surface area contributed by atoms with E-state index in [1.54, 1.807) is 26.8 Å². The van der Waals surface area contributed by atoms with Crippen LogP contribution < -0.4 is 11.0 Å². The van der Waals surface area contributed by atoms with Crippen molar-refractivity contribution in [1.29, 1.82) is 0 Å². The van der Waals surface area contributed by atoms with Gasteiger partial charge in [-0.1, -0.05) is 112 Å². The Kier molecular flexibility index (Phi) is 11.0. The zero-order valence-electron chi connectivity index (χ0n) is 27.1. The largest absolute Gasteiger partial charge is 0.463 e. The molecule has 3 aromatic carbocycles. The van der Waals surface area contributed by atoms with Crippen LogP contribution in [0.15, 0.2) is 108 Å². The van der Waals surface area contributed by atoms with Gasteiger partial charge in [0.1, 0.15) is 24.1 Å². The number of rotatable bonds is 13. The monoisotopic (exact) mass is 653 g/mol. The predicted octanol–water partition coefficient (Wildman–Crippen LogP) is 5.14. The molecule has 0 aliphatic carbocycles. The van der Waals surface area contributed by atoms with Gasteiger partial charge in [-0.05, 0) is 22.8 Å².